The van der Waals surface area contributed by atoms with Crippen molar-refractivity contribution in [3.05, 3.63) is 22.4 Å². The third-order valence-electron chi connectivity index (χ3n) is 4.50. The van der Waals surface area contributed by atoms with E-state index >= 15 is 0 Å². The lowest BCUT2D eigenvalue weighted by atomic mass is 9.96. The third-order valence-corrected chi connectivity index (χ3v) is 4.93. The normalized spacial score (nSPS) is 20.3. The maximum absolute atomic E-state index is 12.8. The van der Waals surface area contributed by atoms with Crippen molar-refractivity contribution in [2.45, 2.75) is 31.7 Å². The van der Waals surface area contributed by atoms with Crippen LogP contribution in [0.4, 0.5) is 0 Å². The molecule has 1 saturated heterocycles. The maximum Gasteiger partial charge on any atom is 0.270 e. The number of hydrogen-bond donors (Lipinski definition) is 0. The van der Waals surface area contributed by atoms with E-state index in [1.54, 1.807) is 0 Å². The van der Waals surface area contributed by atoms with Crippen LogP contribution in [-0.4, -0.2) is 54.0 Å². The van der Waals surface area contributed by atoms with Gasteiger partial charge in [0.15, 0.2) is 0 Å². The van der Waals surface area contributed by atoms with E-state index < -0.39 is 0 Å². The molecule has 0 radical (unpaired) electrons. The van der Waals surface area contributed by atoms with Crippen LogP contribution in [0.3, 0.4) is 0 Å². The molecule has 0 bridgehead atoms. The first-order valence-electron chi connectivity index (χ1n) is 7.86. The quantitative estimate of drug-likeness (QED) is 0.832. The SMILES string of the molecule is CN(C)CC1CCN(C(=O)c2cc(Br)cn2C2CC2)CC1. The predicted octanol–water partition coefficient (Wildman–Crippen LogP) is 3.00. The summed E-state index contributed by atoms with van der Waals surface area (Å²) < 4.78 is 3.18. The molecule has 3 rings (SSSR count). The van der Waals surface area contributed by atoms with Gasteiger partial charge in [-0.2, -0.15) is 0 Å². The molecule has 1 aromatic rings. The lowest BCUT2D eigenvalue weighted by Gasteiger charge is -2.33. The van der Waals surface area contributed by atoms with E-state index in [2.05, 4.69) is 45.7 Å². The minimum absolute atomic E-state index is 0.205. The molecule has 21 heavy (non-hydrogen) atoms. The molecule has 0 atom stereocenters. The molecule has 0 spiro atoms. The fourth-order valence-electron chi connectivity index (χ4n) is 3.27. The van der Waals surface area contributed by atoms with Gasteiger partial charge in [-0.3, -0.25) is 4.79 Å². The number of aromatic nitrogens is 1. The molecule has 5 heteroatoms. The highest BCUT2D eigenvalue weighted by Crippen LogP contribution is 2.38. The van der Waals surface area contributed by atoms with Gasteiger partial charge < -0.3 is 14.4 Å². The number of amides is 1. The zero-order valence-electron chi connectivity index (χ0n) is 12.9. The van der Waals surface area contributed by atoms with E-state index in [0.717, 1.165) is 48.6 Å². The largest absolute Gasteiger partial charge is 0.339 e. The zero-order valence-corrected chi connectivity index (χ0v) is 14.5. The van der Waals surface area contributed by atoms with E-state index in [0.29, 0.717) is 6.04 Å². The van der Waals surface area contributed by atoms with Crippen molar-refractivity contribution in [1.82, 2.24) is 14.4 Å². The Bertz CT molecular complexity index is 514. The van der Waals surface area contributed by atoms with Crippen LogP contribution in [0, 0.1) is 5.92 Å². The third kappa shape index (κ3) is 3.51. The van der Waals surface area contributed by atoms with Gasteiger partial charge in [-0.15, -0.1) is 0 Å². The number of carbonyl (C=O) groups excluding carboxylic acids is 1. The molecule has 0 N–H and O–H groups in total. The Morgan fingerprint density at radius 2 is 1.95 bits per heavy atom. The fraction of sp³-hybridized carbons (Fsp3) is 0.688. The molecule has 1 aliphatic heterocycles. The summed E-state index contributed by atoms with van der Waals surface area (Å²) in [7, 11) is 4.25. The predicted molar refractivity (Wildman–Crippen MR) is 87.6 cm³/mol. The Balaban J connectivity index is 1.64. The standard InChI is InChI=1S/C16H24BrN3O/c1-18(2)10-12-5-7-19(8-6-12)16(21)15-9-13(17)11-20(15)14-3-4-14/h9,11-12,14H,3-8,10H2,1-2H3. The molecule has 0 unspecified atom stereocenters. The Morgan fingerprint density at radius 3 is 2.52 bits per heavy atom. The average Bonchev–Trinajstić information content (AvgIpc) is 3.21. The van der Waals surface area contributed by atoms with E-state index in [4.69, 9.17) is 0 Å². The fourth-order valence-corrected chi connectivity index (χ4v) is 3.71. The molecule has 1 aliphatic carbocycles. The second-order valence-electron chi connectivity index (χ2n) is 6.68. The highest BCUT2D eigenvalue weighted by atomic mass is 79.9. The van der Waals surface area contributed by atoms with Gasteiger partial charge in [-0.1, -0.05) is 0 Å². The number of nitrogens with zero attached hydrogens (tertiary/aromatic N) is 3. The maximum atomic E-state index is 12.8. The average molecular weight is 354 g/mol. The summed E-state index contributed by atoms with van der Waals surface area (Å²) in [6.07, 6.45) is 6.70. The minimum Gasteiger partial charge on any atom is -0.339 e. The number of hydrogen-bond acceptors (Lipinski definition) is 2. The Hall–Kier alpha value is -0.810. The number of piperidine rings is 1. The van der Waals surface area contributed by atoms with Gasteiger partial charge in [-0.05, 0) is 67.7 Å². The Morgan fingerprint density at radius 1 is 1.29 bits per heavy atom. The summed E-state index contributed by atoms with van der Waals surface area (Å²) in [5, 5.41) is 0. The first-order chi connectivity index (χ1) is 10.0. The topological polar surface area (TPSA) is 28.5 Å². The zero-order chi connectivity index (χ0) is 15.0. The van der Waals surface area contributed by atoms with Crippen molar-refractivity contribution in [1.29, 1.82) is 0 Å². The van der Waals surface area contributed by atoms with Crippen LogP contribution in [0.25, 0.3) is 0 Å². The van der Waals surface area contributed by atoms with Crippen LogP contribution in [-0.2, 0) is 0 Å². The molecule has 0 aromatic carbocycles. The van der Waals surface area contributed by atoms with Gasteiger partial charge in [-0.25, -0.2) is 0 Å². The van der Waals surface area contributed by atoms with Crippen molar-refractivity contribution < 1.29 is 4.79 Å². The second kappa shape index (κ2) is 6.13. The van der Waals surface area contributed by atoms with Crippen LogP contribution in [0.5, 0.6) is 0 Å². The van der Waals surface area contributed by atoms with Crippen LogP contribution in [0.1, 0.15) is 42.2 Å². The van der Waals surface area contributed by atoms with Crippen molar-refractivity contribution >= 4 is 21.8 Å². The van der Waals surface area contributed by atoms with E-state index in [9.17, 15) is 4.79 Å². The van der Waals surface area contributed by atoms with E-state index in [1.807, 2.05) is 11.0 Å². The highest BCUT2D eigenvalue weighted by Gasteiger charge is 2.31. The van der Waals surface area contributed by atoms with Gasteiger partial charge in [0.25, 0.3) is 5.91 Å². The molecule has 1 aromatic heterocycles. The van der Waals surface area contributed by atoms with Crippen molar-refractivity contribution in [3.63, 3.8) is 0 Å². The summed E-state index contributed by atoms with van der Waals surface area (Å²) in [6.45, 7) is 2.92. The Labute approximate surface area is 135 Å². The molecular formula is C16H24BrN3O. The van der Waals surface area contributed by atoms with E-state index in [-0.39, 0.29) is 5.91 Å². The lowest BCUT2D eigenvalue weighted by molar-refractivity contribution is 0.0667. The van der Waals surface area contributed by atoms with Crippen molar-refractivity contribution in [2.24, 2.45) is 5.92 Å². The minimum atomic E-state index is 0.205. The molecule has 2 aliphatic rings. The number of likely N-dealkylation sites (tertiary alicyclic amines) is 1. The van der Waals surface area contributed by atoms with Gasteiger partial charge in [0.1, 0.15) is 5.69 Å². The molecule has 4 nitrogen and oxygen atoms in total. The molecule has 116 valence electrons. The van der Waals surface area contributed by atoms with Crippen LogP contribution in [0.15, 0.2) is 16.7 Å². The second-order valence-corrected chi connectivity index (χ2v) is 7.60. The first kappa shape index (κ1) is 15.1. The van der Waals surface area contributed by atoms with Crippen LogP contribution < -0.4 is 0 Å². The van der Waals surface area contributed by atoms with Gasteiger partial charge >= 0.3 is 0 Å². The summed E-state index contributed by atoms with van der Waals surface area (Å²) in [5.41, 5.74) is 0.857. The van der Waals surface area contributed by atoms with E-state index in [1.165, 1.54) is 12.8 Å². The Kier molecular flexibility index (Phi) is 4.41. The first-order valence-corrected chi connectivity index (χ1v) is 8.65. The number of rotatable bonds is 4. The lowest BCUT2D eigenvalue weighted by Crippen LogP contribution is -2.41. The summed E-state index contributed by atoms with van der Waals surface area (Å²) in [4.78, 5) is 17.1. The summed E-state index contributed by atoms with van der Waals surface area (Å²) >= 11 is 3.51. The van der Waals surface area contributed by atoms with Crippen LogP contribution in [0.2, 0.25) is 0 Å². The molecular weight excluding hydrogens is 330 g/mol. The van der Waals surface area contributed by atoms with Gasteiger partial charge in [0.2, 0.25) is 0 Å². The molecule has 2 heterocycles. The van der Waals surface area contributed by atoms with Gasteiger partial charge in [0, 0.05) is 36.3 Å². The smallest absolute Gasteiger partial charge is 0.270 e. The number of halogens is 1. The van der Waals surface area contributed by atoms with Crippen molar-refractivity contribution in [3.8, 4) is 0 Å². The molecule has 1 saturated carbocycles. The summed E-state index contributed by atoms with van der Waals surface area (Å²) in [6, 6.07) is 2.52. The molecule has 1 amide bonds. The number of carbonyl (C=O) groups is 1. The summed E-state index contributed by atoms with van der Waals surface area (Å²) in [5.74, 6) is 0.932. The monoisotopic (exact) mass is 353 g/mol. The molecule has 2 fully saturated rings. The van der Waals surface area contributed by atoms with Crippen molar-refractivity contribution in [2.75, 3.05) is 33.7 Å². The van der Waals surface area contributed by atoms with Gasteiger partial charge in [0.05, 0.1) is 0 Å². The van der Waals surface area contributed by atoms with Crippen LogP contribution >= 0.6 is 15.9 Å². The highest BCUT2D eigenvalue weighted by molar-refractivity contribution is 9.10.